The number of hydrogen-bond acceptors (Lipinski definition) is 8. The van der Waals surface area contributed by atoms with E-state index in [0.717, 1.165) is 0 Å². The average Bonchev–Trinajstić information content (AvgIpc) is 3.03. The molecule has 0 unspecified atom stereocenters. The summed E-state index contributed by atoms with van der Waals surface area (Å²) in [5, 5.41) is 0. The van der Waals surface area contributed by atoms with Crippen molar-refractivity contribution in [1.29, 1.82) is 0 Å². The lowest BCUT2D eigenvalue weighted by Gasteiger charge is -2.31. The maximum atomic E-state index is 11.3. The van der Waals surface area contributed by atoms with Crippen molar-refractivity contribution in [3.05, 3.63) is 12.2 Å². The minimum Gasteiger partial charge on any atom is -0.459 e. The highest BCUT2D eigenvalue weighted by atomic mass is 16.8. The molecule has 2 aliphatic rings. The van der Waals surface area contributed by atoms with Crippen molar-refractivity contribution >= 4 is 12.4 Å². The van der Waals surface area contributed by atoms with E-state index in [1.54, 1.807) is 19.9 Å². The number of rotatable bonds is 8. The second kappa shape index (κ2) is 7.39. The molecule has 0 spiro atoms. The molecule has 2 aliphatic heterocycles. The van der Waals surface area contributed by atoms with Crippen molar-refractivity contribution in [2.75, 3.05) is 20.8 Å². The predicted octanol–water partition coefficient (Wildman–Crippen LogP) is 0.191. The molecule has 1 saturated heterocycles. The van der Waals surface area contributed by atoms with Gasteiger partial charge in [-0.2, -0.15) is 0 Å². The third-order valence-electron chi connectivity index (χ3n) is 3.69. The number of carbonyl (C=O) groups is 2. The number of methoxy groups -OCH3 is 2. The standard InChI is InChI=1S/C15H22O8/c1-15(2)22-13(9-5-6-11(17)21-9)14(23-15)12(19-4)10(7-18-3)20-8-16/h5-6,8-10,12-14H,7H2,1-4H3/t9-,10+,12+,13-,14-/m0/s1. The van der Waals surface area contributed by atoms with Crippen LogP contribution in [0.5, 0.6) is 0 Å². The van der Waals surface area contributed by atoms with Gasteiger partial charge in [0.15, 0.2) is 11.9 Å². The van der Waals surface area contributed by atoms with Gasteiger partial charge in [0.1, 0.15) is 24.4 Å². The Morgan fingerprint density at radius 1 is 1.35 bits per heavy atom. The summed E-state index contributed by atoms with van der Waals surface area (Å²) in [6, 6.07) is 0. The van der Waals surface area contributed by atoms with E-state index < -0.39 is 42.3 Å². The van der Waals surface area contributed by atoms with Crippen LogP contribution in [0.25, 0.3) is 0 Å². The molecule has 23 heavy (non-hydrogen) atoms. The molecule has 0 aromatic heterocycles. The third kappa shape index (κ3) is 4.08. The summed E-state index contributed by atoms with van der Waals surface area (Å²) in [7, 11) is 2.96. The number of hydrogen-bond donors (Lipinski definition) is 0. The Kier molecular flexibility index (Phi) is 5.74. The van der Waals surface area contributed by atoms with Crippen molar-refractivity contribution in [2.24, 2.45) is 0 Å². The van der Waals surface area contributed by atoms with E-state index in [1.165, 1.54) is 20.3 Å². The Morgan fingerprint density at radius 3 is 2.61 bits per heavy atom. The zero-order chi connectivity index (χ0) is 17.0. The fraction of sp³-hybridized carbons (Fsp3) is 0.733. The van der Waals surface area contributed by atoms with Crippen LogP contribution in [0.4, 0.5) is 0 Å². The summed E-state index contributed by atoms with van der Waals surface area (Å²) in [5.41, 5.74) is 0. The fourth-order valence-corrected chi connectivity index (χ4v) is 2.83. The van der Waals surface area contributed by atoms with Crippen LogP contribution in [0.2, 0.25) is 0 Å². The molecule has 130 valence electrons. The van der Waals surface area contributed by atoms with E-state index in [-0.39, 0.29) is 6.61 Å². The zero-order valence-corrected chi connectivity index (χ0v) is 13.6. The van der Waals surface area contributed by atoms with Gasteiger partial charge in [0.05, 0.1) is 6.61 Å². The maximum absolute atomic E-state index is 11.3. The highest BCUT2D eigenvalue weighted by molar-refractivity contribution is 5.84. The van der Waals surface area contributed by atoms with Crippen LogP contribution in [-0.4, -0.2) is 69.6 Å². The number of esters is 1. The van der Waals surface area contributed by atoms with E-state index in [1.807, 2.05) is 0 Å². The number of ether oxygens (including phenoxy) is 6. The van der Waals surface area contributed by atoms with Gasteiger partial charge in [-0.3, -0.25) is 4.79 Å². The van der Waals surface area contributed by atoms with Crippen molar-refractivity contribution in [3.63, 3.8) is 0 Å². The minimum atomic E-state index is -0.895. The largest absolute Gasteiger partial charge is 0.459 e. The lowest BCUT2D eigenvalue weighted by molar-refractivity contribution is -0.177. The molecule has 0 aliphatic carbocycles. The molecule has 0 saturated carbocycles. The van der Waals surface area contributed by atoms with Crippen LogP contribution in [0, 0.1) is 0 Å². The highest BCUT2D eigenvalue weighted by Gasteiger charge is 2.52. The first kappa shape index (κ1) is 17.9. The first-order chi connectivity index (χ1) is 10.9. The van der Waals surface area contributed by atoms with Crippen molar-refractivity contribution < 1.29 is 38.0 Å². The van der Waals surface area contributed by atoms with Crippen molar-refractivity contribution in [3.8, 4) is 0 Å². The predicted molar refractivity (Wildman–Crippen MR) is 76.5 cm³/mol. The summed E-state index contributed by atoms with van der Waals surface area (Å²) in [6.07, 6.45) is -0.182. The summed E-state index contributed by atoms with van der Waals surface area (Å²) in [5.74, 6) is -1.33. The average molecular weight is 330 g/mol. The topological polar surface area (TPSA) is 89.5 Å². The van der Waals surface area contributed by atoms with E-state index >= 15 is 0 Å². The lowest BCUT2D eigenvalue weighted by Crippen LogP contribution is -2.50. The van der Waals surface area contributed by atoms with Crippen LogP contribution >= 0.6 is 0 Å². The summed E-state index contributed by atoms with van der Waals surface area (Å²) >= 11 is 0. The van der Waals surface area contributed by atoms with E-state index in [4.69, 9.17) is 28.4 Å². The molecule has 0 amide bonds. The first-order valence-electron chi connectivity index (χ1n) is 7.27. The molecular weight excluding hydrogens is 308 g/mol. The molecule has 8 nitrogen and oxygen atoms in total. The van der Waals surface area contributed by atoms with Gasteiger partial charge in [0.25, 0.3) is 6.47 Å². The molecule has 2 rings (SSSR count). The lowest BCUT2D eigenvalue weighted by atomic mass is 9.99. The Bertz CT molecular complexity index is 460. The maximum Gasteiger partial charge on any atom is 0.331 e. The molecule has 1 fully saturated rings. The molecule has 5 atom stereocenters. The fourth-order valence-electron chi connectivity index (χ4n) is 2.83. The van der Waals surface area contributed by atoms with Gasteiger partial charge >= 0.3 is 5.97 Å². The van der Waals surface area contributed by atoms with E-state index in [9.17, 15) is 9.59 Å². The van der Waals surface area contributed by atoms with Gasteiger partial charge in [-0.15, -0.1) is 0 Å². The Hall–Kier alpha value is -1.48. The molecule has 0 radical (unpaired) electrons. The van der Waals surface area contributed by atoms with E-state index in [2.05, 4.69) is 0 Å². The Labute approximate surface area is 134 Å². The van der Waals surface area contributed by atoms with Crippen LogP contribution < -0.4 is 0 Å². The SMILES string of the molecule is COC[C@@H](OC=O)[C@@H](OC)[C@@H]1OC(C)(C)O[C@H]1[C@@H]1C=CC(=O)O1. The molecular formula is C15H22O8. The second-order valence-electron chi connectivity index (χ2n) is 5.75. The summed E-state index contributed by atoms with van der Waals surface area (Å²) in [4.78, 5) is 22.1. The normalized spacial score (nSPS) is 31.7. The van der Waals surface area contributed by atoms with Crippen LogP contribution in [0.3, 0.4) is 0 Å². The van der Waals surface area contributed by atoms with Gasteiger partial charge in [0.2, 0.25) is 0 Å². The van der Waals surface area contributed by atoms with Gasteiger partial charge in [0, 0.05) is 20.3 Å². The summed E-state index contributed by atoms with van der Waals surface area (Å²) in [6.45, 7) is 3.96. The number of cyclic esters (lactones) is 1. The van der Waals surface area contributed by atoms with E-state index in [0.29, 0.717) is 6.47 Å². The quantitative estimate of drug-likeness (QED) is 0.460. The minimum absolute atomic E-state index is 0.130. The van der Waals surface area contributed by atoms with Crippen LogP contribution in [-0.2, 0) is 38.0 Å². The van der Waals surface area contributed by atoms with Gasteiger partial charge in [-0.05, 0) is 19.9 Å². The summed E-state index contributed by atoms with van der Waals surface area (Å²) < 4.78 is 32.6. The molecule has 0 aromatic rings. The van der Waals surface area contributed by atoms with Crippen molar-refractivity contribution in [1.82, 2.24) is 0 Å². The second-order valence-corrected chi connectivity index (χ2v) is 5.75. The first-order valence-corrected chi connectivity index (χ1v) is 7.27. The zero-order valence-electron chi connectivity index (χ0n) is 13.6. The Balaban J connectivity index is 2.21. The molecule has 8 heteroatoms. The third-order valence-corrected chi connectivity index (χ3v) is 3.69. The monoisotopic (exact) mass is 330 g/mol. The van der Waals surface area contributed by atoms with Crippen LogP contribution in [0.1, 0.15) is 13.8 Å². The molecule has 0 aromatic carbocycles. The van der Waals surface area contributed by atoms with Crippen molar-refractivity contribution in [2.45, 2.75) is 50.2 Å². The van der Waals surface area contributed by atoms with Crippen LogP contribution in [0.15, 0.2) is 12.2 Å². The highest BCUT2D eigenvalue weighted by Crippen LogP contribution is 2.36. The number of carbonyl (C=O) groups excluding carboxylic acids is 2. The molecule has 0 bridgehead atoms. The van der Waals surface area contributed by atoms with Gasteiger partial charge in [-0.25, -0.2) is 4.79 Å². The molecule has 2 heterocycles. The Morgan fingerprint density at radius 2 is 2.09 bits per heavy atom. The smallest absolute Gasteiger partial charge is 0.331 e. The van der Waals surface area contributed by atoms with Gasteiger partial charge in [-0.1, -0.05) is 0 Å². The van der Waals surface area contributed by atoms with Gasteiger partial charge < -0.3 is 28.4 Å². The molecule has 0 N–H and O–H groups in total.